The first-order valence-corrected chi connectivity index (χ1v) is 5.76. The van der Waals surface area contributed by atoms with Crippen molar-refractivity contribution in [2.24, 2.45) is 11.7 Å². The van der Waals surface area contributed by atoms with E-state index in [-0.39, 0.29) is 0 Å². The molecule has 0 aliphatic heterocycles. The Hall–Kier alpha value is -1.69. The first-order chi connectivity index (χ1) is 8.19. The molecule has 0 aromatic carbocycles. The van der Waals surface area contributed by atoms with E-state index in [0.29, 0.717) is 19.0 Å². The lowest BCUT2D eigenvalue weighted by atomic mass is 10.2. The van der Waals surface area contributed by atoms with Gasteiger partial charge in [0.25, 0.3) is 0 Å². The predicted molar refractivity (Wildman–Crippen MR) is 64.1 cm³/mol. The van der Waals surface area contributed by atoms with Gasteiger partial charge in [0, 0.05) is 19.3 Å². The van der Waals surface area contributed by atoms with Gasteiger partial charge in [-0.15, -0.1) is 0 Å². The van der Waals surface area contributed by atoms with Crippen LogP contribution in [-0.4, -0.2) is 24.3 Å². The van der Waals surface area contributed by atoms with Crippen LogP contribution < -0.4 is 5.73 Å². The summed E-state index contributed by atoms with van der Waals surface area (Å²) in [5.41, 5.74) is 6.41. The van der Waals surface area contributed by atoms with Gasteiger partial charge in [0.15, 0.2) is 0 Å². The smallest absolute Gasteiger partial charge is 0.146 e. The molecule has 0 saturated heterocycles. The zero-order valence-electron chi connectivity index (χ0n) is 10.2. The van der Waals surface area contributed by atoms with Crippen molar-refractivity contribution >= 4 is 0 Å². The lowest BCUT2D eigenvalue weighted by molar-refractivity contribution is 0.461. The highest BCUT2D eigenvalue weighted by molar-refractivity contribution is 4.98. The van der Waals surface area contributed by atoms with Crippen LogP contribution in [0.5, 0.6) is 0 Å². The number of rotatable bonds is 5. The van der Waals surface area contributed by atoms with Gasteiger partial charge in [0.2, 0.25) is 0 Å². The molecule has 2 rings (SSSR count). The van der Waals surface area contributed by atoms with Crippen molar-refractivity contribution in [2.75, 3.05) is 0 Å². The summed E-state index contributed by atoms with van der Waals surface area (Å²) < 4.78 is 3.91. The fourth-order valence-electron chi connectivity index (χ4n) is 1.67. The second kappa shape index (κ2) is 5.09. The summed E-state index contributed by atoms with van der Waals surface area (Å²) in [5, 5.41) is 4.23. The van der Waals surface area contributed by atoms with Crippen LogP contribution in [0, 0.1) is 5.92 Å². The van der Waals surface area contributed by atoms with Crippen LogP contribution in [0.3, 0.4) is 0 Å². The first-order valence-electron chi connectivity index (χ1n) is 5.76. The first kappa shape index (κ1) is 11.8. The Labute approximate surface area is 100 Å². The average Bonchev–Trinajstić information content (AvgIpc) is 2.89. The second-order valence-electron chi connectivity index (χ2n) is 4.49. The third kappa shape index (κ3) is 2.91. The van der Waals surface area contributed by atoms with Gasteiger partial charge in [0.05, 0.1) is 18.6 Å². The van der Waals surface area contributed by atoms with Gasteiger partial charge in [0.1, 0.15) is 12.2 Å². The average molecular weight is 234 g/mol. The summed E-state index contributed by atoms with van der Waals surface area (Å²) in [7, 11) is 0. The summed E-state index contributed by atoms with van der Waals surface area (Å²) in [4.78, 5) is 8.46. The van der Waals surface area contributed by atoms with Crippen molar-refractivity contribution in [1.29, 1.82) is 0 Å². The van der Waals surface area contributed by atoms with Gasteiger partial charge >= 0.3 is 0 Å². The van der Waals surface area contributed by atoms with Gasteiger partial charge in [-0.1, -0.05) is 13.8 Å². The van der Waals surface area contributed by atoms with Crippen molar-refractivity contribution in [2.45, 2.75) is 33.5 Å². The van der Waals surface area contributed by atoms with E-state index in [1.807, 2.05) is 15.4 Å². The highest BCUT2D eigenvalue weighted by Crippen LogP contribution is 2.04. The summed E-state index contributed by atoms with van der Waals surface area (Å²) >= 11 is 0. The van der Waals surface area contributed by atoms with Crippen LogP contribution in [0.15, 0.2) is 18.9 Å². The van der Waals surface area contributed by atoms with Gasteiger partial charge in [-0.05, 0) is 5.92 Å². The summed E-state index contributed by atoms with van der Waals surface area (Å²) in [5.74, 6) is 1.50. The number of aromatic nitrogens is 5. The monoisotopic (exact) mass is 234 g/mol. The van der Waals surface area contributed by atoms with Crippen molar-refractivity contribution in [3.63, 3.8) is 0 Å². The zero-order chi connectivity index (χ0) is 12.3. The largest absolute Gasteiger partial charge is 0.330 e. The molecule has 6 heteroatoms. The zero-order valence-corrected chi connectivity index (χ0v) is 10.2. The van der Waals surface area contributed by atoms with Crippen molar-refractivity contribution in [1.82, 2.24) is 24.3 Å². The Morgan fingerprint density at radius 3 is 2.82 bits per heavy atom. The quantitative estimate of drug-likeness (QED) is 0.823. The van der Waals surface area contributed by atoms with Crippen molar-refractivity contribution < 1.29 is 0 Å². The molecule has 0 unspecified atom stereocenters. The molecular formula is C11H18N6. The van der Waals surface area contributed by atoms with E-state index in [1.165, 1.54) is 0 Å². The Balaban J connectivity index is 2.10. The second-order valence-corrected chi connectivity index (χ2v) is 4.49. The van der Waals surface area contributed by atoms with Crippen LogP contribution in [-0.2, 0) is 19.6 Å². The van der Waals surface area contributed by atoms with Crippen molar-refractivity contribution in [3.8, 4) is 0 Å². The number of nitrogens with zero attached hydrogens (tertiary/aromatic N) is 5. The minimum Gasteiger partial charge on any atom is -0.330 e. The van der Waals surface area contributed by atoms with Gasteiger partial charge in [-0.2, -0.15) is 5.10 Å². The topological polar surface area (TPSA) is 74.5 Å². The summed E-state index contributed by atoms with van der Waals surface area (Å²) in [6.45, 7) is 6.35. The molecule has 0 aliphatic carbocycles. The maximum absolute atomic E-state index is 5.52. The number of hydrogen-bond donors (Lipinski definition) is 1. The molecule has 6 nitrogen and oxygen atoms in total. The highest BCUT2D eigenvalue weighted by Gasteiger charge is 2.07. The molecule has 17 heavy (non-hydrogen) atoms. The third-order valence-electron chi connectivity index (χ3n) is 2.45. The van der Waals surface area contributed by atoms with E-state index in [1.54, 1.807) is 12.7 Å². The minimum absolute atomic E-state index is 0.464. The summed E-state index contributed by atoms with van der Waals surface area (Å²) in [6, 6.07) is 0. The van der Waals surface area contributed by atoms with Gasteiger partial charge in [-0.3, -0.25) is 0 Å². The molecule has 0 radical (unpaired) electrons. The molecule has 2 aromatic rings. The molecule has 2 heterocycles. The molecule has 0 amide bonds. The minimum atomic E-state index is 0.464. The van der Waals surface area contributed by atoms with E-state index in [0.717, 1.165) is 18.1 Å². The molecule has 2 N–H and O–H groups in total. The SMILES string of the molecule is CC(C)Cn1ncnc1Cn1cnc(CN)c1. The fourth-order valence-corrected chi connectivity index (χ4v) is 1.67. The maximum Gasteiger partial charge on any atom is 0.146 e. The lowest BCUT2D eigenvalue weighted by Gasteiger charge is -2.08. The normalized spacial score (nSPS) is 11.3. The summed E-state index contributed by atoms with van der Waals surface area (Å²) in [6.07, 6.45) is 5.31. The lowest BCUT2D eigenvalue weighted by Crippen LogP contribution is -2.12. The van der Waals surface area contributed by atoms with Gasteiger partial charge in [-0.25, -0.2) is 14.6 Å². The molecule has 0 spiro atoms. The van der Waals surface area contributed by atoms with Crippen LogP contribution in [0.2, 0.25) is 0 Å². The Morgan fingerprint density at radius 1 is 1.35 bits per heavy atom. The third-order valence-corrected chi connectivity index (χ3v) is 2.45. The fraction of sp³-hybridized carbons (Fsp3) is 0.545. The Kier molecular flexibility index (Phi) is 3.53. The van der Waals surface area contributed by atoms with Gasteiger partial charge < -0.3 is 10.3 Å². The van der Waals surface area contributed by atoms with E-state index in [9.17, 15) is 0 Å². The van der Waals surface area contributed by atoms with Crippen LogP contribution in [0.4, 0.5) is 0 Å². The van der Waals surface area contributed by atoms with E-state index in [2.05, 4.69) is 28.9 Å². The van der Waals surface area contributed by atoms with Crippen LogP contribution in [0.25, 0.3) is 0 Å². The predicted octanol–water partition coefficient (Wildman–Crippen LogP) is 0.638. The molecule has 92 valence electrons. The van der Waals surface area contributed by atoms with Crippen LogP contribution >= 0.6 is 0 Å². The van der Waals surface area contributed by atoms with Crippen LogP contribution in [0.1, 0.15) is 25.4 Å². The Morgan fingerprint density at radius 2 is 2.18 bits per heavy atom. The standard InChI is InChI=1S/C11H18N6/c1-9(2)4-17-11(13-7-15-17)6-16-5-10(3-12)14-8-16/h5,7-9H,3-4,6,12H2,1-2H3. The van der Waals surface area contributed by atoms with E-state index < -0.39 is 0 Å². The molecule has 0 fully saturated rings. The molecule has 0 aliphatic rings. The highest BCUT2D eigenvalue weighted by atomic mass is 15.3. The number of nitrogens with two attached hydrogens (primary N) is 1. The maximum atomic E-state index is 5.52. The molecule has 2 aromatic heterocycles. The molecule has 0 saturated carbocycles. The Bertz CT molecular complexity index is 470. The molecule has 0 bridgehead atoms. The number of imidazole rings is 1. The van der Waals surface area contributed by atoms with Crippen molar-refractivity contribution in [3.05, 3.63) is 30.4 Å². The molecule has 0 atom stereocenters. The number of hydrogen-bond acceptors (Lipinski definition) is 4. The molecular weight excluding hydrogens is 216 g/mol. The van der Waals surface area contributed by atoms with E-state index >= 15 is 0 Å². The van der Waals surface area contributed by atoms with E-state index in [4.69, 9.17) is 5.73 Å².